The van der Waals surface area contributed by atoms with Gasteiger partial charge in [0.2, 0.25) is 5.91 Å². The van der Waals surface area contributed by atoms with Gasteiger partial charge >= 0.3 is 0 Å². The maximum atomic E-state index is 14.4. The highest BCUT2D eigenvalue weighted by Crippen LogP contribution is 2.75. The number of benzene rings is 1. The Labute approximate surface area is 260 Å². The van der Waals surface area contributed by atoms with Crippen LogP contribution >= 0.6 is 0 Å². The summed E-state index contributed by atoms with van der Waals surface area (Å²) in [6, 6.07) is 6.73. The number of amides is 1. The molecule has 7 atom stereocenters. The van der Waals surface area contributed by atoms with Crippen LogP contribution in [0.5, 0.6) is 0 Å². The smallest absolute Gasteiger partial charge is 0.264 e. The summed E-state index contributed by atoms with van der Waals surface area (Å²) in [5, 5.41) is 0. The zero-order valence-corrected chi connectivity index (χ0v) is 28.5. The van der Waals surface area contributed by atoms with E-state index in [0.717, 1.165) is 50.5 Å². The molecule has 0 heterocycles. The number of fused-ring (bicyclic) bond motifs is 7. The van der Waals surface area contributed by atoms with E-state index in [9.17, 15) is 18.0 Å². The van der Waals surface area contributed by atoms with Crippen molar-refractivity contribution in [2.75, 3.05) is 0 Å². The number of rotatable bonds is 3. The van der Waals surface area contributed by atoms with E-state index in [2.05, 4.69) is 59.3 Å². The summed E-state index contributed by atoms with van der Waals surface area (Å²) in [5.41, 5.74) is 1.59. The first-order chi connectivity index (χ1) is 19.8. The van der Waals surface area contributed by atoms with Gasteiger partial charge in [0.15, 0.2) is 0 Å². The summed E-state index contributed by atoms with van der Waals surface area (Å²) < 4.78 is 29.5. The van der Waals surface area contributed by atoms with Crippen LogP contribution in [-0.4, -0.2) is 20.1 Å². The molecule has 0 spiro atoms. The second-order valence-electron chi connectivity index (χ2n) is 17.3. The van der Waals surface area contributed by atoms with Crippen molar-refractivity contribution in [3.8, 4) is 0 Å². The lowest BCUT2D eigenvalue weighted by atomic mass is 9.33. The SMILES string of the molecule is Cc1ccc(S(=O)(=O)NC(=O)[C@]23CCC(C)(C)C[C@H]2C2=CC[C@@H]4[C@@]5(C)CCC(=O)C(C)(C)[C@@H]5CC[C@@]4(C)[C@]2(C)CC3)cc1. The molecule has 6 rings (SSSR count). The van der Waals surface area contributed by atoms with Gasteiger partial charge < -0.3 is 0 Å². The highest BCUT2D eigenvalue weighted by atomic mass is 32.2. The van der Waals surface area contributed by atoms with E-state index in [1.807, 2.05) is 6.92 Å². The zero-order chi connectivity index (χ0) is 31.4. The van der Waals surface area contributed by atoms with E-state index in [0.29, 0.717) is 36.9 Å². The Hall–Kier alpha value is -1.95. The first-order valence-corrected chi connectivity index (χ1v) is 18.2. The first-order valence-electron chi connectivity index (χ1n) is 16.7. The summed E-state index contributed by atoms with van der Waals surface area (Å²) in [4.78, 5) is 27.6. The van der Waals surface area contributed by atoms with E-state index >= 15 is 0 Å². The van der Waals surface area contributed by atoms with Gasteiger partial charge in [0.1, 0.15) is 5.78 Å². The molecule has 1 aromatic carbocycles. The quantitative estimate of drug-likeness (QED) is 0.352. The topological polar surface area (TPSA) is 80.3 Å². The third kappa shape index (κ3) is 4.31. The van der Waals surface area contributed by atoms with E-state index in [-0.39, 0.29) is 43.8 Å². The lowest BCUT2D eigenvalue weighted by molar-refractivity contribution is -0.185. The van der Waals surface area contributed by atoms with Crippen LogP contribution in [-0.2, 0) is 19.6 Å². The van der Waals surface area contributed by atoms with Gasteiger partial charge in [-0.3, -0.25) is 9.59 Å². The predicted molar refractivity (Wildman–Crippen MR) is 171 cm³/mol. The minimum atomic E-state index is -3.97. The standard InChI is InChI=1S/C37H53NO4S/c1-24-9-11-25(12-10-24)43(41,42)38-31(40)37-21-19-32(2,3)23-27(37)26-13-14-29-34(6)17-16-30(39)33(4,5)28(34)15-18-36(29,8)35(26,7)20-22-37/h9-13,27-29H,14-23H2,1-8H3,(H,38,40)/t27-,28-,29+,34-,35+,36+,37-/m0/s1. The fourth-order valence-electron chi connectivity index (χ4n) is 11.4. The van der Waals surface area contributed by atoms with Crippen LogP contribution in [0.3, 0.4) is 0 Å². The summed E-state index contributed by atoms with van der Waals surface area (Å²) in [7, 11) is -3.97. The molecule has 5 nitrogen and oxygen atoms in total. The van der Waals surface area contributed by atoms with Crippen molar-refractivity contribution in [2.45, 2.75) is 124 Å². The number of carbonyl (C=O) groups is 2. The molecule has 0 radical (unpaired) electrons. The number of ketones is 1. The minimum Gasteiger partial charge on any atom is -0.299 e. The molecular formula is C37H53NO4S. The van der Waals surface area contributed by atoms with E-state index in [4.69, 9.17) is 0 Å². The number of allylic oxidation sites excluding steroid dienone is 2. The van der Waals surface area contributed by atoms with Crippen LogP contribution in [0.4, 0.5) is 0 Å². The average molecular weight is 608 g/mol. The van der Waals surface area contributed by atoms with Crippen molar-refractivity contribution in [2.24, 2.45) is 50.2 Å². The Morgan fingerprint density at radius 3 is 2.19 bits per heavy atom. The summed E-state index contributed by atoms with van der Waals surface area (Å²) in [6.45, 7) is 18.4. The third-order valence-electron chi connectivity index (χ3n) is 14.4. The number of carbonyl (C=O) groups excluding carboxylic acids is 2. The Bertz CT molecular complexity index is 1490. The Morgan fingerprint density at radius 1 is 0.860 bits per heavy atom. The highest BCUT2D eigenvalue weighted by Gasteiger charge is 2.69. The van der Waals surface area contributed by atoms with E-state index in [1.165, 1.54) is 5.57 Å². The molecule has 1 aromatic rings. The highest BCUT2D eigenvalue weighted by molar-refractivity contribution is 7.90. The number of aryl methyl sites for hydroxylation is 1. The van der Waals surface area contributed by atoms with Crippen molar-refractivity contribution in [3.63, 3.8) is 0 Å². The molecule has 43 heavy (non-hydrogen) atoms. The Kier molecular flexibility index (Phi) is 6.88. The molecule has 0 aliphatic heterocycles. The van der Waals surface area contributed by atoms with E-state index < -0.39 is 15.4 Å². The van der Waals surface area contributed by atoms with Crippen LogP contribution in [0.2, 0.25) is 0 Å². The molecule has 6 heteroatoms. The first kappa shape index (κ1) is 31.0. The zero-order valence-electron chi connectivity index (χ0n) is 27.7. The van der Waals surface area contributed by atoms with Gasteiger partial charge in [0, 0.05) is 11.8 Å². The maximum absolute atomic E-state index is 14.4. The molecular weight excluding hydrogens is 554 g/mol. The van der Waals surface area contributed by atoms with Crippen LogP contribution in [0.25, 0.3) is 0 Å². The number of hydrogen-bond donors (Lipinski definition) is 1. The predicted octanol–water partition coefficient (Wildman–Crippen LogP) is 8.17. The van der Waals surface area contributed by atoms with Gasteiger partial charge in [0.05, 0.1) is 10.3 Å². The monoisotopic (exact) mass is 607 g/mol. The van der Waals surface area contributed by atoms with Gasteiger partial charge in [-0.1, -0.05) is 77.8 Å². The number of Topliss-reactive ketones (excluding diaryl/α,β-unsaturated/α-hetero) is 1. The fourth-order valence-corrected chi connectivity index (χ4v) is 12.5. The summed E-state index contributed by atoms with van der Waals surface area (Å²) in [5.74, 6) is 1.02. The molecule has 236 valence electrons. The summed E-state index contributed by atoms with van der Waals surface area (Å²) in [6.07, 6.45) is 11.4. The largest absolute Gasteiger partial charge is 0.299 e. The lowest BCUT2D eigenvalue weighted by Gasteiger charge is -2.70. The fraction of sp³-hybridized carbons (Fsp3) is 0.730. The van der Waals surface area contributed by atoms with Crippen molar-refractivity contribution >= 4 is 21.7 Å². The Balaban J connectivity index is 1.39. The molecule has 1 N–H and O–H groups in total. The minimum absolute atomic E-state index is 0.0240. The van der Waals surface area contributed by atoms with Crippen LogP contribution in [0.15, 0.2) is 40.8 Å². The van der Waals surface area contributed by atoms with Crippen molar-refractivity contribution in [1.29, 1.82) is 0 Å². The van der Waals surface area contributed by atoms with Gasteiger partial charge in [-0.15, -0.1) is 0 Å². The second kappa shape index (κ2) is 9.53. The van der Waals surface area contributed by atoms with Crippen molar-refractivity contribution in [3.05, 3.63) is 41.5 Å². The molecule has 0 bridgehead atoms. The molecule has 1 amide bonds. The third-order valence-corrected chi connectivity index (χ3v) is 15.7. The van der Waals surface area contributed by atoms with Gasteiger partial charge in [-0.2, -0.15) is 0 Å². The lowest BCUT2D eigenvalue weighted by Crippen LogP contribution is -2.65. The van der Waals surface area contributed by atoms with Crippen molar-refractivity contribution in [1.82, 2.24) is 4.72 Å². The van der Waals surface area contributed by atoms with Crippen LogP contribution < -0.4 is 4.72 Å². The maximum Gasteiger partial charge on any atom is 0.264 e. The average Bonchev–Trinajstić information content (AvgIpc) is 2.91. The molecule has 4 saturated carbocycles. The Morgan fingerprint density at radius 2 is 1.51 bits per heavy atom. The van der Waals surface area contributed by atoms with Gasteiger partial charge in [-0.25, -0.2) is 13.1 Å². The molecule has 0 aromatic heterocycles. The number of sulfonamides is 1. The summed E-state index contributed by atoms with van der Waals surface area (Å²) >= 11 is 0. The number of hydrogen-bond acceptors (Lipinski definition) is 4. The normalized spacial score (nSPS) is 41.5. The molecule has 5 aliphatic rings. The number of nitrogens with one attached hydrogen (secondary N) is 1. The van der Waals surface area contributed by atoms with E-state index in [1.54, 1.807) is 24.3 Å². The molecule has 0 saturated heterocycles. The second-order valence-corrected chi connectivity index (χ2v) is 18.9. The molecule has 4 fully saturated rings. The van der Waals surface area contributed by atoms with Gasteiger partial charge in [-0.05, 0) is 116 Å². The van der Waals surface area contributed by atoms with Gasteiger partial charge in [0.25, 0.3) is 10.0 Å². The van der Waals surface area contributed by atoms with Crippen LogP contribution in [0, 0.1) is 57.2 Å². The molecule has 0 unspecified atom stereocenters. The van der Waals surface area contributed by atoms with Crippen LogP contribution in [0.1, 0.15) is 118 Å². The van der Waals surface area contributed by atoms with Crippen molar-refractivity contribution < 1.29 is 18.0 Å². The molecule has 5 aliphatic carbocycles.